The Labute approximate surface area is 467 Å². The smallest absolute Gasteiger partial charge is 0.394 e. The summed E-state index contributed by atoms with van der Waals surface area (Å²) < 4.78 is 47.9. The van der Waals surface area contributed by atoms with Gasteiger partial charge in [-0.25, -0.2) is 4.18 Å². The zero-order valence-corrected chi connectivity index (χ0v) is 49.9. The molecule has 1 heterocycles. The lowest BCUT2D eigenvalue weighted by molar-refractivity contribution is -0.298. The van der Waals surface area contributed by atoms with Crippen LogP contribution in [0.3, 0.4) is 0 Å². The lowest BCUT2D eigenvalue weighted by Crippen LogP contribution is -2.61. The Bertz CT molecular complexity index is 1430. The van der Waals surface area contributed by atoms with Crippen LogP contribution >= 0.6 is 0 Å². The van der Waals surface area contributed by atoms with E-state index in [9.17, 15) is 38.2 Å². The van der Waals surface area contributed by atoms with Gasteiger partial charge in [-0.2, -0.15) is 8.42 Å². The summed E-state index contributed by atoms with van der Waals surface area (Å²) in [5.41, 5.74) is 0. The number of hydrogen-bond acceptors (Lipinski definition) is 10. The molecule has 0 radical (unpaired) electrons. The first-order chi connectivity index (χ1) is 37.0. The Hall–Kier alpha value is -1.42. The van der Waals surface area contributed by atoms with E-state index in [1.807, 2.05) is 6.08 Å². The SMILES string of the molecule is CCCCCCCCCCCCCC/C=C\CCCCCCCCCCCCCCCCCCC(=O)NC(COC1OC(CO)C(O)C(OS(=O)(=O)O)C1O)C(O)/C=C/CCCCCCCCCCCCCCCCC. The van der Waals surface area contributed by atoms with Crippen LogP contribution in [-0.4, -0.2) is 95.4 Å². The Morgan fingerprint density at radius 1 is 0.513 bits per heavy atom. The number of hydrogen-bond donors (Lipinski definition) is 6. The van der Waals surface area contributed by atoms with Crippen LogP contribution in [0.25, 0.3) is 0 Å². The van der Waals surface area contributed by atoms with Gasteiger partial charge in [0, 0.05) is 6.42 Å². The number of carbonyl (C=O) groups excluding carboxylic acids is 1. The molecule has 450 valence electrons. The van der Waals surface area contributed by atoms with Gasteiger partial charge in [-0.1, -0.05) is 289 Å². The number of amides is 1. The number of ether oxygens (including phenoxy) is 2. The van der Waals surface area contributed by atoms with Crippen LogP contribution in [0.15, 0.2) is 24.3 Å². The maximum atomic E-state index is 13.2. The molecule has 6 N–H and O–H groups in total. The molecule has 0 aromatic carbocycles. The Morgan fingerprint density at radius 3 is 1.18 bits per heavy atom. The maximum absolute atomic E-state index is 13.2. The minimum absolute atomic E-state index is 0.257. The molecule has 1 amide bonds. The van der Waals surface area contributed by atoms with E-state index in [0.29, 0.717) is 6.42 Å². The predicted octanol–water partition coefficient (Wildman–Crippen LogP) is 16.0. The van der Waals surface area contributed by atoms with E-state index in [1.165, 1.54) is 250 Å². The summed E-state index contributed by atoms with van der Waals surface area (Å²) in [4.78, 5) is 13.2. The van der Waals surface area contributed by atoms with Crippen LogP contribution in [0.1, 0.15) is 316 Å². The first-order valence-electron chi connectivity index (χ1n) is 32.2. The zero-order valence-electron chi connectivity index (χ0n) is 49.1. The number of unbranched alkanes of at least 4 members (excludes halogenated alkanes) is 43. The number of aliphatic hydroxyl groups is 4. The second-order valence-corrected chi connectivity index (χ2v) is 23.8. The highest BCUT2D eigenvalue weighted by Gasteiger charge is 2.48. The molecule has 0 aliphatic carbocycles. The molecule has 0 saturated carbocycles. The first-order valence-corrected chi connectivity index (χ1v) is 33.6. The molecule has 7 unspecified atom stereocenters. The number of allylic oxidation sites excluding steroid dienone is 3. The molecule has 76 heavy (non-hydrogen) atoms. The average molecular weight is 1100 g/mol. The zero-order chi connectivity index (χ0) is 55.4. The third kappa shape index (κ3) is 44.3. The highest BCUT2D eigenvalue weighted by Crippen LogP contribution is 2.26. The molecule has 0 aromatic heterocycles. The fourth-order valence-corrected chi connectivity index (χ4v) is 11.0. The van der Waals surface area contributed by atoms with Gasteiger partial charge in [0.2, 0.25) is 5.91 Å². The van der Waals surface area contributed by atoms with Crippen molar-refractivity contribution in [2.24, 2.45) is 0 Å². The van der Waals surface area contributed by atoms with Crippen LogP contribution in [0, 0.1) is 0 Å². The van der Waals surface area contributed by atoms with Crippen molar-refractivity contribution in [3.63, 3.8) is 0 Å². The Morgan fingerprint density at radius 2 is 0.842 bits per heavy atom. The van der Waals surface area contributed by atoms with E-state index in [4.69, 9.17) is 9.47 Å². The third-order valence-electron chi connectivity index (χ3n) is 15.5. The van der Waals surface area contributed by atoms with Gasteiger partial charge >= 0.3 is 10.4 Å². The maximum Gasteiger partial charge on any atom is 0.397 e. The standard InChI is InChI=1S/C63H121NO11S/c1-3-5-7-9-11-13-15-17-19-21-22-23-24-25-26-27-28-29-30-31-32-33-34-35-37-39-41-43-45-47-49-51-53-59(67)64-56(55-73-63-61(69)62(75-76(70,71)72)60(68)58(54-65)74-63)57(66)52-50-48-46-44-42-40-38-36-20-18-16-14-12-10-8-6-4-2/h25-26,50,52,56-58,60-63,65-66,68-69H,3-24,27-49,51,53-55H2,1-2H3,(H,64,67)(H,70,71,72)/b26-25-,52-50+. The predicted molar refractivity (Wildman–Crippen MR) is 315 cm³/mol. The summed E-state index contributed by atoms with van der Waals surface area (Å²) in [5, 5.41) is 45.0. The molecule has 0 aromatic rings. The van der Waals surface area contributed by atoms with E-state index in [2.05, 4.69) is 35.5 Å². The molecule has 13 heteroatoms. The normalized spacial score (nSPS) is 19.1. The number of nitrogens with one attached hydrogen (secondary N) is 1. The van der Waals surface area contributed by atoms with Crippen LogP contribution in [0.2, 0.25) is 0 Å². The topological polar surface area (TPSA) is 192 Å². The van der Waals surface area contributed by atoms with E-state index < -0.39 is 59.9 Å². The van der Waals surface area contributed by atoms with Crippen molar-refractivity contribution in [3.05, 3.63) is 24.3 Å². The molecule has 1 rings (SSSR count). The number of carbonyl (C=O) groups is 1. The number of rotatable bonds is 57. The molecular formula is C63H121NO11S. The van der Waals surface area contributed by atoms with Crippen molar-refractivity contribution < 1.29 is 51.8 Å². The highest BCUT2D eigenvalue weighted by molar-refractivity contribution is 7.80. The quantitative estimate of drug-likeness (QED) is 0.0193. The van der Waals surface area contributed by atoms with E-state index in [0.717, 1.165) is 38.5 Å². The molecule has 1 saturated heterocycles. The van der Waals surface area contributed by atoms with Crippen molar-refractivity contribution in [1.29, 1.82) is 0 Å². The van der Waals surface area contributed by atoms with Crippen molar-refractivity contribution in [3.8, 4) is 0 Å². The lowest BCUT2D eigenvalue weighted by Gasteiger charge is -2.41. The molecule has 1 aliphatic rings. The van der Waals surface area contributed by atoms with Gasteiger partial charge in [0.25, 0.3) is 0 Å². The van der Waals surface area contributed by atoms with Crippen LogP contribution in [-0.2, 0) is 28.9 Å². The molecule has 0 bridgehead atoms. The third-order valence-corrected chi connectivity index (χ3v) is 15.9. The molecule has 0 spiro atoms. The Balaban J connectivity index is 2.24. The Kier molecular flexibility index (Phi) is 50.6. The minimum atomic E-state index is -5.09. The molecule has 1 fully saturated rings. The van der Waals surface area contributed by atoms with Gasteiger partial charge in [-0.15, -0.1) is 0 Å². The van der Waals surface area contributed by atoms with Gasteiger partial charge in [0.15, 0.2) is 6.29 Å². The summed E-state index contributed by atoms with van der Waals surface area (Å²) in [7, 11) is -5.09. The van der Waals surface area contributed by atoms with E-state index in [1.54, 1.807) is 6.08 Å². The van der Waals surface area contributed by atoms with Gasteiger partial charge < -0.3 is 35.2 Å². The molecular weight excluding hydrogens is 979 g/mol. The van der Waals surface area contributed by atoms with Crippen molar-refractivity contribution in [2.75, 3.05) is 13.2 Å². The summed E-state index contributed by atoms with van der Waals surface area (Å²) in [6, 6.07) is -0.942. The van der Waals surface area contributed by atoms with Crippen LogP contribution < -0.4 is 5.32 Å². The highest BCUT2D eigenvalue weighted by atomic mass is 32.3. The van der Waals surface area contributed by atoms with Gasteiger partial charge in [-0.3, -0.25) is 9.35 Å². The van der Waals surface area contributed by atoms with Crippen LogP contribution in [0.5, 0.6) is 0 Å². The van der Waals surface area contributed by atoms with Gasteiger partial charge in [0.05, 0.1) is 25.4 Å². The van der Waals surface area contributed by atoms with Gasteiger partial charge in [0.1, 0.15) is 24.4 Å². The lowest BCUT2D eigenvalue weighted by atomic mass is 9.99. The second kappa shape index (κ2) is 52.9. The van der Waals surface area contributed by atoms with E-state index >= 15 is 0 Å². The molecule has 12 nitrogen and oxygen atoms in total. The van der Waals surface area contributed by atoms with Crippen molar-refractivity contribution in [2.45, 2.75) is 358 Å². The average Bonchev–Trinajstić information content (AvgIpc) is 3.40. The number of aliphatic hydroxyl groups excluding tert-OH is 4. The van der Waals surface area contributed by atoms with Gasteiger partial charge in [-0.05, 0) is 44.9 Å². The monoisotopic (exact) mass is 1100 g/mol. The van der Waals surface area contributed by atoms with Crippen molar-refractivity contribution >= 4 is 16.3 Å². The van der Waals surface area contributed by atoms with Crippen LogP contribution in [0.4, 0.5) is 0 Å². The minimum Gasteiger partial charge on any atom is -0.394 e. The fraction of sp³-hybridized carbons (Fsp3) is 0.921. The summed E-state index contributed by atoms with van der Waals surface area (Å²) in [5.74, 6) is -0.257. The van der Waals surface area contributed by atoms with Crippen molar-refractivity contribution in [1.82, 2.24) is 5.32 Å². The largest absolute Gasteiger partial charge is 0.397 e. The molecule has 1 aliphatic heterocycles. The molecule has 7 atom stereocenters. The van der Waals surface area contributed by atoms with E-state index in [-0.39, 0.29) is 18.9 Å². The first kappa shape index (κ1) is 72.6. The summed E-state index contributed by atoms with van der Waals surface area (Å²) in [6.45, 7) is 3.44. The fourth-order valence-electron chi connectivity index (χ4n) is 10.5. The summed E-state index contributed by atoms with van der Waals surface area (Å²) in [6.07, 6.45) is 58.2. The second-order valence-electron chi connectivity index (χ2n) is 22.7. The summed E-state index contributed by atoms with van der Waals surface area (Å²) >= 11 is 0.